The first-order chi connectivity index (χ1) is 34.3. The Morgan fingerprint density at radius 2 is 0.803 bits per heavy atom. The Morgan fingerprint density at radius 1 is 0.451 bits per heavy atom. The number of nitrogens with one attached hydrogen (secondary N) is 1. The van der Waals surface area contributed by atoms with Gasteiger partial charge in [-0.25, -0.2) is 0 Å². The highest BCUT2D eigenvalue weighted by Gasteiger charge is 2.53. The molecule has 3 saturated heterocycles. The van der Waals surface area contributed by atoms with Crippen molar-refractivity contribution in [3.05, 3.63) is 0 Å². The van der Waals surface area contributed by atoms with Crippen LogP contribution in [-0.4, -0.2) is 193 Å². The van der Waals surface area contributed by atoms with Gasteiger partial charge in [0.1, 0.15) is 73.2 Å². The van der Waals surface area contributed by atoms with E-state index in [0.29, 0.717) is 12.8 Å². The van der Waals surface area contributed by atoms with E-state index in [2.05, 4.69) is 19.2 Å². The Hall–Kier alpha value is -1.21. The number of rotatable bonds is 40. The lowest BCUT2D eigenvalue weighted by atomic mass is 9.96. The van der Waals surface area contributed by atoms with Gasteiger partial charge in [0.25, 0.3) is 0 Å². The van der Waals surface area contributed by atoms with Crippen LogP contribution in [0, 0.1) is 0 Å². The van der Waals surface area contributed by atoms with Crippen LogP contribution in [0.1, 0.15) is 194 Å². The number of aliphatic hydroxyl groups excluding tert-OH is 11. The summed E-state index contributed by atoms with van der Waals surface area (Å²) in [7, 11) is 0. The van der Waals surface area contributed by atoms with Gasteiger partial charge >= 0.3 is 0 Å². The maximum atomic E-state index is 13.3. The number of unbranched alkanes of at least 4 members (excludes halogenated alkanes) is 24. The van der Waals surface area contributed by atoms with Gasteiger partial charge in [-0.2, -0.15) is 0 Å². The summed E-state index contributed by atoms with van der Waals surface area (Å²) >= 11 is 0. The second-order valence-electron chi connectivity index (χ2n) is 20.4. The maximum Gasteiger partial charge on any atom is 0.220 e. The highest BCUT2D eigenvalue weighted by atomic mass is 16.8. The molecule has 3 heterocycles. The fraction of sp³-hybridized carbons (Fsp3) is 0.981. The summed E-state index contributed by atoms with van der Waals surface area (Å²) in [6.07, 6.45) is 4.84. The second kappa shape index (κ2) is 37.5. The van der Waals surface area contributed by atoms with Crippen molar-refractivity contribution >= 4 is 5.91 Å². The number of aliphatic hydroxyl groups is 11. The van der Waals surface area contributed by atoms with E-state index < -0.39 is 124 Å². The summed E-state index contributed by atoms with van der Waals surface area (Å²) in [5.74, 6) is -0.243. The van der Waals surface area contributed by atoms with Crippen LogP contribution in [0.4, 0.5) is 0 Å². The van der Waals surface area contributed by atoms with E-state index in [1.165, 1.54) is 116 Å². The maximum absolute atomic E-state index is 13.3. The van der Waals surface area contributed by atoms with E-state index >= 15 is 0 Å². The number of carbonyl (C=O) groups is 1. The molecule has 0 aliphatic carbocycles. The summed E-state index contributed by atoms with van der Waals surface area (Å²) < 4.78 is 34.2. The molecule has 0 spiro atoms. The third-order valence-corrected chi connectivity index (χ3v) is 14.4. The monoisotopic (exact) mass is 1030 g/mol. The largest absolute Gasteiger partial charge is 0.394 e. The molecule has 0 aromatic carbocycles. The molecule has 3 rings (SSSR count). The molecule has 71 heavy (non-hydrogen) atoms. The van der Waals surface area contributed by atoms with Crippen molar-refractivity contribution in [2.75, 3.05) is 26.4 Å². The van der Waals surface area contributed by atoms with Crippen molar-refractivity contribution in [2.45, 2.75) is 298 Å². The Bertz CT molecular complexity index is 1320. The SMILES string of the molecule is CCCCCCCCCCCCCCCCC(O)C(COC1OC(CO)C(OC2OC(CO)C(OC3OC(CO)C(O)C(O)C3O)C(O)C2O)C(O)C1O)NC(=O)CCCCCCCCCCCCCC. The smallest absolute Gasteiger partial charge is 0.220 e. The van der Waals surface area contributed by atoms with Crippen molar-refractivity contribution in [3.63, 3.8) is 0 Å². The van der Waals surface area contributed by atoms with Crippen LogP contribution in [0.25, 0.3) is 0 Å². The van der Waals surface area contributed by atoms with Gasteiger partial charge in [-0.05, 0) is 12.8 Å². The molecule has 0 radical (unpaired) electrons. The van der Waals surface area contributed by atoms with Gasteiger partial charge in [0.2, 0.25) is 5.91 Å². The summed E-state index contributed by atoms with van der Waals surface area (Å²) in [5.41, 5.74) is 0. The lowest BCUT2D eigenvalue weighted by molar-refractivity contribution is -0.379. The van der Waals surface area contributed by atoms with Gasteiger partial charge in [-0.15, -0.1) is 0 Å². The van der Waals surface area contributed by atoms with E-state index in [1.807, 2.05) is 0 Å². The third-order valence-electron chi connectivity index (χ3n) is 14.4. The minimum Gasteiger partial charge on any atom is -0.394 e. The first-order valence-corrected chi connectivity index (χ1v) is 27.8. The van der Waals surface area contributed by atoms with E-state index in [0.717, 1.165) is 44.9 Å². The van der Waals surface area contributed by atoms with Crippen molar-refractivity contribution < 1.29 is 89.4 Å². The molecule has 0 aromatic rings. The van der Waals surface area contributed by atoms with Crippen molar-refractivity contribution in [1.29, 1.82) is 0 Å². The van der Waals surface area contributed by atoms with Gasteiger partial charge in [0.15, 0.2) is 18.9 Å². The third kappa shape index (κ3) is 22.9. The zero-order valence-corrected chi connectivity index (χ0v) is 43.2. The second-order valence-corrected chi connectivity index (χ2v) is 20.4. The molecule has 17 unspecified atom stereocenters. The number of hydrogen-bond donors (Lipinski definition) is 12. The van der Waals surface area contributed by atoms with Crippen LogP contribution in [-0.2, 0) is 33.2 Å². The Balaban J connectivity index is 1.53. The highest BCUT2D eigenvalue weighted by Crippen LogP contribution is 2.33. The van der Waals surface area contributed by atoms with E-state index in [-0.39, 0.29) is 18.9 Å². The minimum atomic E-state index is -1.97. The molecule has 0 aromatic heterocycles. The molecule has 19 nitrogen and oxygen atoms in total. The quantitative estimate of drug-likeness (QED) is 0.0392. The standard InChI is InChI=1S/C52H99NO18/c1-3-5-7-9-11-13-15-17-18-19-21-23-25-27-29-36(57)35(53-40(58)30-28-26-24-22-20-16-14-12-10-8-6-4-2)34-66-50-46(64)43(61)48(38(32-55)68-50)71-52-47(65)44(62)49(39(33-56)69-52)70-51-45(63)42(60)41(59)37(31-54)67-51/h35-39,41-52,54-57,59-65H,3-34H2,1-2H3,(H,53,58). The Kier molecular flexibility index (Phi) is 33.9. The summed E-state index contributed by atoms with van der Waals surface area (Å²) in [6.45, 7) is 1.77. The summed E-state index contributed by atoms with van der Waals surface area (Å²) in [6, 6.07) is -0.878. The van der Waals surface area contributed by atoms with Gasteiger partial charge < -0.3 is 89.9 Å². The molecular weight excluding hydrogens is 927 g/mol. The lowest BCUT2D eigenvalue weighted by Gasteiger charge is -2.48. The zero-order chi connectivity index (χ0) is 52.0. The van der Waals surface area contributed by atoms with Crippen LogP contribution in [0.2, 0.25) is 0 Å². The van der Waals surface area contributed by atoms with Gasteiger partial charge in [-0.3, -0.25) is 4.79 Å². The average Bonchev–Trinajstić information content (AvgIpc) is 3.36. The summed E-state index contributed by atoms with van der Waals surface area (Å²) in [4.78, 5) is 13.3. The molecule has 0 bridgehead atoms. The molecular formula is C52H99NO18. The van der Waals surface area contributed by atoms with Crippen molar-refractivity contribution in [2.24, 2.45) is 0 Å². The predicted molar refractivity (Wildman–Crippen MR) is 264 cm³/mol. The Labute approximate surface area is 423 Å². The lowest BCUT2D eigenvalue weighted by Crippen LogP contribution is -2.66. The number of amides is 1. The van der Waals surface area contributed by atoms with Crippen LogP contribution in [0.3, 0.4) is 0 Å². The number of carbonyl (C=O) groups excluding carboxylic acids is 1. The zero-order valence-electron chi connectivity index (χ0n) is 43.2. The molecule has 12 N–H and O–H groups in total. The number of ether oxygens (including phenoxy) is 6. The Morgan fingerprint density at radius 3 is 1.23 bits per heavy atom. The van der Waals surface area contributed by atoms with Gasteiger partial charge in [0.05, 0.1) is 38.6 Å². The first-order valence-electron chi connectivity index (χ1n) is 27.8. The van der Waals surface area contributed by atoms with Gasteiger partial charge in [0, 0.05) is 6.42 Å². The first kappa shape index (κ1) is 64.1. The van der Waals surface area contributed by atoms with Crippen molar-refractivity contribution in [1.82, 2.24) is 5.32 Å². The molecule has 1 amide bonds. The molecule has 3 fully saturated rings. The molecule has 3 aliphatic heterocycles. The van der Waals surface area contributed by atoms with Crippen molar-refractivity contribution in [3.8, 4) is 0 Å². The van der Waals surface area contributed by atoms with Crippen LogP contribution in [0.15, 0.2) is 0 Å². The predicted octanol–water partition coefficient (Wildman–Crippen LogP) is 3.26. The molecule has 19 heteroatoms. The normalized spacial score (nSPS) is 32.2. The fourth-order valence-corrected chi connectivity index (χ4v) is 9.78. The van der Waals surface area contributed by atoms with E-state index in [9.17, 15) is 61.0 Å². The number of hydrogen-bond acceptors (Lipinski definition) is 18. The van der Waals surface area contributed by atoms with E-state index in [1.54, 1.807) is 0 Å². The van der Waals surface area contributed by atoms with E-state index in [4.69, 9.17) is 28.4 Å². The average molecular weight is 1030 g/mol. The molecule has 420 valence electrons. The highest BCUT2D eigenvalue weighted by molar-refractivity contribution is 5.76. The van der Waals surface area contributed by atoms with Crippen LogP contribution >= 0.6 is 0 Å². The van der Waals surface area contributed by atoms with Crippen LogP contribution in [0.5, 0.6) is 0 Å². The molecule has 3 aliphatic rings. The van der Waals surface area contributed by atoms with Crippen LogP contribution < -0.4 is 5.32 Å². The summed E-state index contributed by atoms with van der Waals surface area (Å²) in [5, 5.41) is 120. The molecule has 0 saturated carbocycles. The fourth-order valence-electron chi connectivity index (χ4n) is 9.78. The topological polar surface area (TPSA) is 307 Å². The van der Waals surface area contributed by atoms with Gasteiger partial charge in [-0.1, -0.05) is 174 Å². The minimum absolute atomic E-state index is 0.243. The molecule has 17 atom stereocenters.